The fraction of sp³-hybridized carbons (Fsp3) is 0.333. The SMILES string of the molecule is CC(C)NCCC(C(=O)NO)N(C)Cc1ccc(-c2ccccc2)cc1.CN(Cc1ccc(-c2ccccc2)cc1)C(CCN)C(=O)NO. The Morgan fingerprint density at radius 1 is 0.612 bits per heavy atom. The van der Waals surface area contributed by atoms with Crippen LogP contribution in [-0.4, -0.2) is 77.3 Å². The van der Waals surface area contributed by atoms with Gasteiger partial charge in [-0.2, -0.15) is 0 Å². The monoisotopic (exact) mass is 668 g/mol. The maximum Gasteiger partial charge on any atom is 0.260 e. The lowest BCUT2D eigenvalue weighted by Crippen LogP contribution is -2.45. The van der Waals surface area contributed by atoms with E-state index >= 15 is 0 Å². The smallest absolute Gasteiger partial charge is 0.260 e. The number of hydrogen-bond donors (Lipinski definition) is 6. The summed E-state index contributed by atoms with van der Waals surface area (Å²) < 4.78 is 0. The Bertz CT molecular complexity index is 1520. The van der Waals surface area contributed by atoms with Gasteiger partial charge in [-0.05, 0) is 73.4 Å². The molecule has 4 rings (SSSR count). The number of carbonyl (C=O) groups is 2. The summed E-state index contributed by atoms with van der Waals surface area (Å²) in [4.78, 5) is 27.6. The lowest BCUT2D eigenvalue weighted by molar-refractivity contribution is -0.135. The van der Waals surface area contributed by atoms with Crippen molar-refractivity contribution in [3.8, 4) is 22.3 Å². The lowest BCUT2D eigenvalue weighted by atomic mass is 10.0. The van der Waals surface area contributed by atoms with E-state index < -0.39 is 11.9 Å². The fourth-order valence-electron chi connectivity index (χ4n) is 5.58. The molecule has 2 unspecified atom stereocenters. The Hall–Kier alpha value is -4.42. The Labute approximate surface area is 290 Å². The molecule has 4 aromatic carbocycles. The second-order valence-electron chi connectivity index (χ2n) is 12.4. The van der Waals surface area contributed by atoms with Gasteiger partial charge in [0.2, 0.25) is 0 Å². The molecule has 0 fully saturated rings. The van der Waals surface area contributed by atoms with Crippen LogP contribution in [0, 0.1) is 0 Å². The maximum absolute atomic E-state index is 12.0. The van der Waals surface area contributed by atoms with Gasteiger partial charge in [-0.1, -0.05) is 123 Å². The Morgan fingerprint density at radius 2 is 0.980 bits per heavy atom. The molecule has 0 aliphatic heterocycles. The van der Waals surface area contributed by atoms with Crippen molar-refractivity contribution >= 4 is 11.8 Å². The normalized spacial score (nSPS) is 12.3. The summed E-state index contributed by atoms with van der Waals surface area (Å²) >= 11 is 0. The van der Waals surface area contributed by atoms with Crippen LogP contribution in [0.1, 0.15) is 37.8 Å². The summed E-state index contributed by atoms with van der Waals surface area (Å²) in [7, 11) is 3.75. The van der Waals surface area contributed by atoms with Crippen LogP contribution in [0.3, 0.4) is 0 Å². The van der Waals surface area contributed by atoms with Crippen LogP contribution in [0.15, 0.2) is 109 Å². The van der Waals surface area contributed by atoms with E-state index in [9.17, 15) is 9.59 Å². The number of rotatable bonds is 16. The van der Waals surface area contributed by atoms with Crippen molar-refractivity contribution in [2.45, 2.75) is 57.9 Å². The zero-order valence-electron chi connectivity index (χ0n) is 29.0. The van der Waals surface area contributed by atoms with E-state index in [4.69, 9.17) is 16.1 Å². The molecule has 2 amide bonds. The van der Waals surface area contributed by atoms with Gasteiger partial charge in [0, 0.05) is 19.1 Å². The molecule has 10 heteroatoms. The lowest BCUT2D eigenvalue weighted by Gasteiger charge is -2.27. The predicted octanol–water partition coefficient (Wildman–Crippen LogP) is 5.06. The van der Waals surface area contributed by atoms with Crippen LogP contribution >= 0.6 is 0 Å². The molecule has 0 heterocycles. The second kappa shape index (κ2) is 20.8. The number of carbonyl (C=O) groups excluding carboxylic acids is 2. The fourth-order valence-corrected chi connectivity index (χ4v) is 5.58. The number of likely N-dealkylation sites (N-methyl/N-ethyl adjacent to an activating group) is 2. The predicted molar refractivity (Wildman–Crippen MR) is 196 cm³/mol. The molecule has 7 N–H and O–H groups in total. The molecule has 0 saturated carbocycles. The van der Waals surface area contributed by atoms with Gasteiger partial charge < -0.3 is 11.1 Å². The molecule has 0 saturated heterocycles. The van der Waals surface area contributed by atoms with Gasteiger partial charge in [0.05, 0.1) is 12.1 Å². The van der Waals surface area contributed by atoms with Crippen molar-refractivity contribution in [1.82, 2.24) is 26.1 Å². The third-order valence-corrected chi connectivity index (χ3v) is 8.29. The second-order valence-corrected chi connectivity index (χ2v) is 12.4. The molecule has 49 heavy (non-hydrogen) atoms. The highest BCUT2D eigenvalue weighted by molar-refractivity contribution is 5.81. The largest absolute Gasteiger partial charge is 0.330 e. The molecule has 0 radical (unpaired) electrons. The van der Waals surface area contributed by atoms with E-state index in [2.05, 4.69) is 92.0 Å². The zero-order valence-corrected chi connectivity index (χ0v) is 29.0. The summed E-state index contributed by atoms with van der Waals surface area (Å²) in [5.74, 6) is -0.808. The number of nitrogens with one attached hydrogen (secondary N) is 3. The Morgan fingerprint density at radius 3 is 1.33 bits per heavy atom. The number of nitrogens with zero attached hydrogens (tertiary/aromatic N) is 2. The van der Waals surface area contributed by atoms with Gasteiger partial charge in [0.15, 0.2) is 0 Å². The molecule has 0 aliphatic carbocycles. The average Bonchev–Trinajstić information content (AvgIpc) is 3.13. The van der Waals surface area contributed by atoms with Crippen LogP contribution in [0.2, 0.25) is 0 Å². The maximum atomic E-state index is 12.0. The van der Waals surface area contributed by atoms with Crippen LogP contribution in [0.4, 0.5) is 0 Å². The van der Waals surface area contributed by atoms with E-state index in [1.54, 1.807) is 11.0 Å². The van der Waals surface area contributed by atoms with Crippen molar-refractivity contribution in [2.75, 3.05) is 27.2 Å². The summed E-state index contributed by atoms with van der Waals surface area (Å²) in [5, 5.41) is 21.2. The molecule has 10 nitrogen and oxygen atoms in total. The number of hydrogen-bond acceptors (Lipinski definition) is 8. The molecule has 0 bridgehead atoms. The van der Waals surface area contributed by atoms with E-state index in [0.29, 0.717) is 45.1 Å². The van der Waals surface area contributed by atoms with E-state index in [1.165, 1.54) is 16.7 Å². The summed E-state index contributed by atoms with van der Waals surface area (Å²) in [6.07, 6.45) is 1.12. The number of amides is 2. The van der Waals surface area contributed by atoms with Crippen molar-refractivity contribution in [2.24, 2.45) is 5.73 Å². The first kappa shape index (κ1) is 39.0. The highest BCUT2D eigenvalue weighted by Gasteiger charge is 2.23. The molecular weight excluding hydrogens is 616 g/mol. The van der Waals surface area contributed by atoms with Crippen molar-refractivity contribution in [1.29, 1.82) is 0 Å². The van der Waals surface area contributed by atoms with E-state index in [1.807, 2.05) is 60.3 Å². The third-order valence-electron chi connectivity index (χ3n) is 8.29. The van der Waals surface area contributed by atoms with E-state index in [0.717, 1.165) is 16.7 Å². The zero-order chi connectivity index (χ0) is 35.6. The highest BCUT2D eigenvalue weighted by Crippen LogP contribution is 2.21. The van der Waals surface area contributed by atoms with Crippen LogP contribution < -0.4 is 22.0 Å². The van der Waals surface area contributed by atoms with Gasteiger partial charge in [-0.25, -0.2) is 11.0 Å². The van der Waals surface area contributed by atoms with Crippen molar-refractivity contribution in [3.05, 3.63) is 120 Å². The van der Waals surface area contributed by atoms with Gasteiger partial charge in [0.25, 0.3) is 11.8 Å². The van der Waals surface area contributed by atoms with Gasteiger partial charge >= 0.3 is 0 Å². The minimum Gasteiger partial charge on any atom is -0.330 e. The number of nitrogens with two attached hydrogens (primary N) is 1. The van der Waals surface area contributed by atoms with Crippen LogP contribution in [0.5, 0.6) is 0 Å². The van der Waals surface area contributed by atoms with Crippen LogP contribution in [0.25, 0.3) is 22.3 Å². The molecule has 4 aromatic rings. The summed E-state index contributed by atoms with van der Waals surface area (Å²) in [5.41, 5.74) is 16.0. The van der Waals surface area contributed by atoms with Crippen molar-refractivity contribution < 1.29 is 20.0 Å². The highest BCUT2D eigenvalue weighted by atomic mass is 16.5. The molecule has 0 spiro atoms. The summed E-state index contributed by atoms with van der Waals surface area (Å²) in [6, 6.07) is 36.5. The number of hydroxylamine groups is 2. The van der Waals surface area contributed by atoms with Crippen molar-refractivity contribution in [3.63, 3.8) is 0 Å². The third kappa shape index (κ3) is 12.8. The number of benzene rings is 4. The Balaban J connectivity index is 0.000000267. The molecule has 2 atom stereocenters. The van der Waals surface area contributed by atoms with E-state index in [-0.39, 0.29) is 11.9 Å². The molecular formula is C39H52N6O4. The van der Waals surface area contributed by atoms with Gasteiger partial charge in [0.1, 0.15) is 0 Å². The Kier molecular flexibility index (Phi) is 16.6. The molecule has 0 aliphatic rings. The van der Waals surface area contributed by atoms with Gasteiger partial charge in [-0.15, -0.1) is 0 Å². The topological polar surface area (TPSA) is 143 Å². The first-order valence-electron chi connectivity index (χ1n) is 16.7. The standard InChI is InChI=1S/C21H29N3O2.C18H23N3O2/c1-16(2)22-14-13-20(21(25)23-26)24(3)15-17-9-11-19(12-10-17)18-7-5-4-6-8-18;1-21(17(11-12-19)18(22)20-23)13-14-7-9-16(10-8-14)15-5-3-2-4-6-15/h4-12,16,20,22,26H,13-15H2,1-3H3,(H,23,25);2-10,17,23H,11-13,19H2,1H3,(H,20,22). The minimum atomic E-state index is -0.446. The minimum absolute atomic E-state index is 0.365. The average molecular weight is 669 g/mol. The quantitative estimate of drug-likeness (QED) is 0.0719. The van der Waals surface area contributed by atoms with Crippen LogP contribution in [-0.2, 0) is 22.7 Å². The molecule has 0 aromatic heterocycles. The first-order chi connectivity index (χ1) is 23.7. The summed E-state index contributed by atoms with van der Waals surface area (Å²) in [6.45, 7) is 6.47. The van der Waals surface area contributed by atoms with Gasteiger partial charge in [-0.3, -0.25) is 29.8 Å². The first-order valence-corrected chi connectivity index (χ1v) is 16.7. The molecule has 262 valence electrons.